The van der Waals surface area contributed by atoms with Gasteiger partial charge in [0.1, 0.15) is 11.9 Å². The zero-order chi connectivity index (χ0) is 31.2. The monoisotopic (exact) mass is 652 g/mol. The summed E-state index contributed by atoms with van der Waals surface area (Å²) in [7, 11) is -2.87. The molecule has 45 heavy (non-hydrogen) atoms. The van der Waals surface area contributed by atoms with Gasteiger partial charge in [0.25, 0.3) is 5.91 Å². The molecular weight excluding hydrogens is 608 g/mol. The Labute approximate surface area is 272 Å². The van der Waals surface area contributed by atoms with Crippen LogP contribution >= 0.6 is 11.6 Å². The highest BCUT2D eigenvalue weighted by Gasteiger charge is 2.45. The van der Waals surface area contributed by atoms with E-state index >= 15 is 0 Å². The molecule has 3 heterocycles. The summed E-state index contributed by atoms with van der Waals surface area (Å²) >= 11 is 6.45. The number of hydrogen-bond donors (Lipinski definition) is 1. The van der Waals surface area contributed by atoms with Crippen molar-refractivity contribution in [2.75, 3.05) is 37.8 Å². The van der Waals surface area contributed by atoms with Crippen LogP contribution in [0.4, 0.5) is 5.69 Å². The number of ether oxygens (including phenoxy) is 3. The number of carbonyl (C=O) groups excluding carboxylic acids is 1. The third kappa shape index (κ3) is 6.16. The lowest BCUT2D eigenvalue weighted by Gasteiger charge is -2.47. The number of benzene rings is 2. The number of fused-ring (bicyclic) bond motifs is 4. The molecule has 7 rings (SSSR count). The van der Waals surface area contributed by atoms with Gasteiger partial charge in [0, 0.05) is 34.3 Å². The standard InChI is InChI=1S/C36H45ClN2O5S/c1-3-29-8-4-5-9-33(44-28-20-42-21-28)30-13-10-26(30)19-39-22-36(16-6-7-24-17-27(37)12-14-31(24)36)23-43-34-15-11-25(18-32(34)39)35(40)38-45(29,2)41/h5,9,11-12,14-15,17-18,26,28-30,33H,2-4,6-8,10,13,16,19-23H2,1H3,(H,38,40,41)/b9-5+/t26-,29+,30+,33-,36-,45?/m0/s1. The molecule has 7 nitrogen and oxygen atoms in total. The number of rotatable bonds is 3. The van der Waals surface area contributed by atoms with Gasteiger partial charge in [0.15, 0.2) is 0 Å². The van der Waals surface area contributed by atoms with Crippen LogP contribution in [-0.4, -0.2) is 66.4 Å². The fourth-order valence-corrected chi connectivity index (χ4v) is 9.92. The molecule has 2 bridgehead atoms. The number of aryl methyl sites for hydroxylation is 1. The van der Waals surface area contributed by atoms with Crippen molar-refractivity contribution in [3.05, 3.63) is 70.3 Å². The van der Waals surface area contributed by atoms with Crippen molar-refractivity contribution in [2.45, 2.75) is 81.2 Å². The quantitative estimate of drug-likeness (QED) is 0.318. The zero-order valence-corrected chi connectivity index (χ0v) is 27.8. The maximum Gasteiger partial charge on any atom is 0.262 e. The van der Waals surface area contributed by atoms with Crippen LogP contribution in [0.25, 0.3) is 0 Å². The molecule has 0 aromatic heterocycles. The molecule has 2 aliphatic carbocycles. The first-order valence-electron chi connectivity index (χ1n) is 16.6. The molecule has 2 aromatic rings. The summed E-state index contributed by atoms with van der Waals surface area (Å²) in [6.07, 6.45) is 12.0. The van der Waals surface area contributed by atoms with Crippen LogP contribution in [0.5, 0.6) is 5.75 Å². The van der Waals surface area contributed by atoms with Gasteiger partial charge in [0.05, 0.1) is 41.3 Å². The van der Waals surface area contributed by atoms with Gasteiger partial charge in [-0.15, -0.1) is 0 Å². The van der Waals surface area contributed by atoms with Gasteiger partial charge < -0.3 is 19.1 Å². The molecule has 9 heteroatoms. The van der Waals surface area contributed by atoms with Gasteiger partial charge in [0.2, 0.25) is 0 Å². The second-order valence-electron chi connectivity index (χ2n) is 13.7. The van der Waals surface area contributed by atoms with Gasteiger partial charge in [-0.25, -0.2) is 4.21 Å². The fraction of sp³-hybridized carbons (Fsp3) is 0.556. The van der Waals surface area contributed by atoms with E-state index in [1.54, 1.807) is 6.07 Å². The molecule has 1 N–H and O–H groups in total. The van der Waals surface area contributed by atoms with E-state index in [1.807, 2.05) is 25.1 Å². The number of hydrogen-bond acceptors (Lipinski definition) is 6. The second-order valence-corrected chi connectivity index (χ2v) is 16.5. The SMILES string of the molecule is C=S1(=O)NC(=O)c2ccc3c(c2)N(C[C@@H]2CC[C@H]2[C@@H](OC2COC2)/C=C/CC[C@H]1CC)C[C@@]1(CCCc2cc(Cl)ccc21)CO3. The highest BCUT2D eigenvalue weighted by atomic mass is 35.5. The predicted molar refractivity (Wildman–Crippen MR) is 181 cm³/mol. The minimum Gasteiger partial charge on any atom is -0.490 e. The normalized spacial score (nSPS) is 34.3. The first kappa shape index (κ1) is 31.1. The summed E-state index contributed by atoms with van der Waals surface area (Å²) in [4.78, 5) is 16.1. The number of amides is 1. The van der Waals surface area contributed by atoms with Crippen LogP contribution in [0.3, 0.4) is 0 Å². The van der Waals surface area contributed by atoms with E-state index in [2.05, 4.69) is 39.8 Å². The summed E-state index contributed by atoms with van der Waals surface area (Å²) in [6, 6.07) is 12.0. The van der Waals surface area contributed by atoms with Crippen LogP contribution in [0, 0.1) is 11.8 Å². The Bertz CT molecular complexity index is 1570. The van der Waals surface area contributed by atoms with E-state index in [0.29, 0.717) is 50.1 Å². The first-order chi connectivity index (χ1) is 21.7. The van der Waals surface area contributed by atoms with Crippen molar-refractivity contribution in [2.24, 2.45) is 11.8 Å². The van der Waals surface area contributed by atoms with Gasteiger partial charge in [-0.1, -0.05) is 36.7 Å². The number of nitrogens with one attached hydrogen (secondary N) is 1. The third-order valence-electron chi connectivity index (χ3n) is 10.8. The van der Waals surface area contributed by atoms with E-state index in [4.69, 9.17) is 25.8 Å². The van der Waals surface area contributed by atoms with Crippen LogP contribution in [0.2, 0.25) is 5.02 Å². The van der Waals surface area contributed by atoms with Gasteiger partial charge in [-0.3, -0.25) is 9.52 Å². The number of nitrogens with zero attached hydrogens (tertiary/aromatic N) is 1. The molecule has 1 spiro atoms. The van der Waals surface area contributed by atoms with Crippen molar-refractivity contribution in [1.29, 1.82) is 0 Å². The van der Waals surface area contributed by atoms with Crippen LogP contribution < -0.4 is 14.4 Å². The minimum atomic E-state index is -2.87. The predicted octanol–water partition coefficient (Wildman–Crippen LogP) is 6.11. The molecule has 1 amide bonds. The van der Waals surface area contributed by atoms with Gasteiger partial charge >= 0.3 is 0 Å². The Morgan fingerprint density at radius 3 is 2.80 bits per heavy atom. The topological polar surface area (TPSA) is 77.1 Å². The van der Waals surface area contributed by atoms with Crippen molar-refractivity contribution in [1.82, 2.24) is 4.72 Å². The molecule has 242 valence electrons. The Morgan fingerprint density at radius 2 is 2.04 bits per heavy atom. The Balaban J connectivity index is 1.29. The molecule has 2 aromatic carbocycles. The van der Waals surface area contributed by atoms with Gasteiger partial charge in [-0.05, 0) is 111 Å². The Morgan fingerprint density at radius 1 is 1.18 bits per heavy atom. The number of halogens is 1. The van der Waals surface area contributed by atoms with Crippen molar-refractivity contribution in [3.8, 4) is 5.75 Å². The number of carbonyl (C=O) groups is 1. The van der Waals surface area contributed by atoms with E-state index < -0.39 is 9.71 Å². The summed E-state index contributed by atoms with van der Waals surface area (Å²) < 4.78 is 35.4. The van der Waals surface area contributed by atoms with E-state index in [1.165, 1.54) is 11.1 Å². The molecule has 1 saturated heterocycles. The summed E-state index contributed by atoms with van der Waals surface area (Å²) in [6.45, 7) is 5.49. The highest BCUT2D eigenvalue weighted by Crippen LogP contribution is 2.47. The third-order valence-corrected chi connectivity index (χ3v) is 13.3. The summed E-state index contributed by atoms with van der Waals surface area (Å²) in [5.41, 5.74) is 3.81. The zero-order valence-electron chi connectivity index (χ0n) is 26.2. The molecule has 1 unspecified atom stereocenters. The summed E-state index contributed by atoms with van der Waals surface area (Å²) in [5.74, 6) is 5.28. The lowest BCUT2D eigenvalue weighted by Crippen LogP contribution is -2.50. The minimum absolute atomic E-state index is 0.00924. The maximum absolute atomic E-state index is 13.8. The molecule has 5 aliphatic rings. The number of allylic oxidation sites excluding steroid dienone is 1. The lowest BCUT2D eigenvalue weighted by molar-refractivity contribution is -0.165. The van der Waals surface area contributed by atoms with Crippen LogP contribution in [0.1, 0.15) is 73.4 Å². The number of anilines is 1. The fourth-order valence-electron chi connectivity index (χ4n) is 8.07. The molecular formula is C36H45ClN2O5S. The average molecular weight is 653 g/mol. The molecule has 6 atom stereocenters. The van der Waals surface area contributed by atoms with Crippen molar-refractivity contribution in [3.63, 3.8) is 0 Å². The highest BCUT2D eigenvalue weighted by molar-refractivity contribution is 7.99. The van der Waals surface area contributed by atoms with Gasteiger partial charge in [-0.2, -0.15) is 0 Å². The first-order valence-corrected chi connectivity index (χ1v) is 18.8. The smallest absolute Gasteiger partial charge is 0.262 e. The lowest BCUT2D eigenvalue weighted by atomic mass is 9.68. The molecule has 1 saturated carbocycles. The second kappa shape index (κ2) is 12.6. The Kier molecular flexibility index (Phi) is 8.70. The summed E-state index contributed by atoms with van der Waals surface area (Å²) in [5, 5.41) is 0.542. The Hall–Kier alpha value is -2.52. The average Bonchev–Trinajstić information content (AvgIpc) is 3.12. The molecule has 0 radical (unpaired) electrons. The maximum atomic E-state index is 13.8. The van der Waals surface area contributed by atoms with Crippen LogP contribution in [-0.2, 0) is 31.0 Å². The van der Waals surface area contributed by atoms with E-state index in [0.717, 1.165) is 68.1 Å². The van der Waals surface area contributed by atoms with Crippen LogP contribution in [0.15, 0.2) is 48.6 Å². The van der Waals surface area contributed by atoms with Crippen molar-refractivity contribution >= 4 is 38.8 Å². The van der Waals surface area contributed by atoms with Crippen molar-refractivity contribution < 1.29 is 23.2 Å². The molecule has 3 aliphatic heterocycles. The largest absolute Gasteiger partial charge is 0.490 e. The van der Waals surface area contributed by atoms with E-state index in [9.17, 15) is 9.00 Å². The van der Waals surface area contributed by atoms with E-state index in [-0.39, 0.29) is 28.8 Å². The molecule has 2 fully saturated rings.